The fraction of sp³-hybridized carbons (Fsp3) is 0.0667. The van der Waals surface area contributed by atoms with Crippen molar-refractivity contribution in [3.05, 3.63) is 66.7 Å². The van der Waals surface area contributed by atoms with Crippen LogP contribution < -0.4 is 5.30 Å². The molecule has 0 fully saturated rings. The van der Waals surface area contributed by atoms with Crippen LogP contribution in [0.2, 0.25) is 0 Å². The van der Waals surface area contributed by atoms with Crippen molar-refractivity contribution >= 4 is 24.1 Å². The Morgan fingerprint density at radius 2 is 1.68 bits per heavy atom. The van der Waals surface area contributed by atoms with Crippen LogP contribution in [0.4, 0.5) is 0 Å². The standard InChI is InChI=1S/C15H15O2PS/c1-2-7-12-8-3-4-9-13(12)14-10-5-6-11-15(14)18(16,17)19/h2-6,8-11H,1,7H2,(H2,16,17,19). The van der Waals surface area contributed by atoms with E-state index in [1.54, 1.807) is 12.1 Å². The lowest BCUT2D eigenvalue weighted by molar-refractivity contribution is 0.508. The van der Waals surface area contributed by atoms with Gasteiger partial charge in [-0.2, -0.15) is 0 Å². The van der Waals surface area contributed by atoms with Crippen LogP contribution in [0.15, 0.2) is 61.2 Å². The minimum absolute atomic E-state index is 0.370. The first-order valence-corrected chi connectivity index (χ1v) is 8.69. The first-order chi connectivity index (χ1) is 9.04. The molecule has 4 heteroatoms. The zero-order valence-electron chi connectivity index (χ0n) is 10.4. The number of hydrogen-bond acceptors (Lipinski definition) is 1. The number of thiol groups is 1. The zero-order chi connectivity index (χ0) is 13.9. The summed E-state index contributed by atoms with van der Waals surface area (Å²) in [7, 11) is 0. The van der Waals surface area contributed by atoms with Gasteiger partial charge in [0.2, 0.25) is 0 Å². The Labute approximate surface area is 118 Å². The van der Waals surface area contributed by atoms with Crippen LogP contribution in [0, 0.1) is 0 Å². The van der Waals surface area contributed by atoms with Crippen LogP contribution >= 0.6 is 18.8 Å². The molecule has 0 saturated heterocycles. The summed E-state index contributed by atoms with van der Waals surface area (Å²) >= 11 is 3.84. The van der Waals surface area contributed by atoms with E-state index in [-0.39, 0.29) is 0 Å². The van der Waals surface area contributed by atoms with Crippen molar-refractivity contribution in [2.75, 3.05) is 0 Å². The van der Waals surface area contributed by atoms with E-state index >= 15 is 0 Å². The van der Waals surface area contributed by atoms with Gasteiger partial charge in [0.05, 0.1) is 5.30 Å². The van der Waals surface area contributed by atoms with Gasteiger partial charge in [-0.3, -0.25) is 4.57 Å². The summed E-state index contributed by atoms with van der Waals surface area (Å²) in [6, 6.07) is 14.9. The van der Waals surface area contributed by atoms with Crippen LogP contribution in [0.1, 0.15) is 5.56 Å². The number of allylic oxidation sites excluding steroid dienone is 1. The fourth-order valence-electron chi connectivity index (χ4n) is 2.07. The van der Waals surface area contributed by atoms with E-state index in [1.807, 2.05) is 42.5 Å². The Balaban J connectivity index is 2.66. The van der Waals surface area contributed by atoms with E-state index in [4.69, 9.17) is 0 Å². The molecule has 0 amide bonds. The van der Waals surface area contributed by atoms with Crippen molar-refractivity contribution in [1.29, 1.82) is 0 Å². The molecular weight excluding hydrogens is 275 g/mol. The molecule has 0 aliphatic rings. The molecule has 0 aliphatic carbocycles. The summed E-state index contributed by atoms with van der Waals surface area (Å²) in [6.45, 7) is 0.151. The summed E-state index contributed by atoms with van der Waals surface area (Å²) in [4.78, 5) is 9.75. The Hall–Kier alpha value is -1.28. The maximum Gasteiger partial charge on any atom is 0.282 e. The highest BCUT2D eigenvalue weighted by Crippen LogP contribution is 2.47. The number of hydrogen-bond donors (Lipinski definition) is 2. The van der Waals surface area contributed by atoms with Gasteiger partial charge in [-0.15, -0.1) is 6.58 Å². The van der Waals surface area contributed by atoms with Gasteiger partial charge in [0.1, 0.15) is 0 Å². The summed E-state index contributed by atoms with van der Waals surface area (Å²) in [5.41, 5.74) is 2.77. The first-order valence-electron chi connectivity index (χ1n) is 5.88. The minimum Gasteiger partial charge on any atom is -0.334 e. The summed E-state index contributed by atoms with van der Waals surface area (Å²) in [5.74, 6) is 0. The highest BCUT2D eigenvalue weighted by Gasteiger charge is 2.20. The SMILES string of the molecule is C=CCc1ccccc1-c1ccccc1P(=O)(O)S. The predicted molar refractivity (Wildman–Crippen MR) is 84.2 cm³/mol. The smallest absolute Gasteiger partial charge is 0.282 e. The highest BCUT2D eigenvalue weighted by atomic mass is 32.7. The molecule has 0 saturated carbocycles. The van der Waals surface area contributed by atoms with Crippen molar-refractivity contribution in [2.45, 2.75) is 6.42 Å². The average molecular weight is 290 g/mol. The van der Waals surface area contributed by atoms with Crippen molar-refractivity contribution in [1.82, 2.24) is 0 Å². The normalized spacial score (nSPS) is 13.8. The van der Waals surface area contributed by atoms with Crippen molar-refractivity contribution in [3.8, 4) is 11.1 Å². The second kappa shape index (κ2) is 5.79. The molecule has 0 bridgehead atoms. The number of benzene rings is 2. The maximum atomic E-state index is 11.9. The third-order valence-electron chi connectivity index (χ3n) is 2.89. The lowest BCUT2D eigenvalue weighted by atomic mass is 9.98. The van der Waals surface area contributed by atoms with E-state index in [0.29, 0.717) is 11.7 Å². The molecule has 19 heavy (non-hydrogen) atoms. The van der Waals surface area contributed by atoms with E-state index in [2.05, 4.69) is 18.8 Å². The highest BCUT2D eigenvalue weighted by molar-refractivity contribution is 8.48. The second-order valence-corrected chi connectivity index (χ2v) is 7.41. The van der Waals surface area contributed by atoms with Gasteiger partial charge in [-0.1, -0.05) is 60.8 Å². The molecule has 2 aromatic rings. The van der Waals surface area contributed by atoms with Gasteiger partial charge in [0, 0.05) is 0 Å². The first kappa shape index (κ1) is 14.1. The molecule has 0 heterocycles. The fourth-order valence-corrected chi connectivity index (χ4v) is 3.38. The molecule has 0 spiro atoms. The molecule has 1 N–H and O–H groups in total. The summed E-state index contributed by atoms with van der Waals surface area (Å²) in [6.07, 6.45) is 2.54. The molecule has 2 rings (SSSR count). The molecule has 1 unspecified atom stereocenters. The number of rotatable bonds is 4. The molecular formula is C15H15O2PS. The van der Waals surface area contributed by atoms with E-state index in [1.165, 1.54) is 0 Å². The van der Waals surface area contributed by atoms with E-state index in [9.17, 15) is 9.46 Å². The van der Waals surface area contributed by atoms with Crippen LogP contribution in [-0.2, 0) is 11.0 Å². The quantitative estimate of drug-likeness (QED) is 0.510. The van der Waals surface area contributed by atoms with Gasteiger partial charge in [-0.05, 0) is 29.2 Å². The van der Waals surface area contributed by atoms with Gasteiger partial charge in [0.15, 0.2) is 0 Å². The molecule has 2 nitrogen and oxygen atoms in total. The Kier molecular flexibility index (Phi) is 4.31. The monoisotopic (exact) mass is 290 g/mol. The van der Waals surface area contributed by atoms with Crippen LogP contribution in [0.5, 0.6) is 0 Å². The van der Waals surface area contributed by atoms with Crippen molar-refractivity contribution in [3.63, 3.8) is 0 Å². The lowest BCUT2D eigenvalue weighted by Gasteiger charge is -2.14. The largest absolute Gasteiger partial charge is 0.334 e. The molecule has 98 valence electrons. The molecule has 2 aromatic carbocycles. The van der Waals surface area contributed by atoms with Crippen molar-refractivity contribution in [2.24, 2.45) is 0 Å². The summed E-state index contributed by atoms with van der Waals surface area (Å²) in [5, 5.41) is 0.370. The Bertz CT molecular complexity index is 646. The molecule has 0 aliphatic heterocycles. The van der Waals surface area contributed by atoms with Gasteiger partial charge in [0.25, 0.3) is 6.57 Å². The molecule has 0 aromatic heterocycles. The zero-order valence-corrected chi connectivity index (χ0v) is 12.1. The Morgan fingerprint density at radius 1 is 1.11 bits per heavy atom. The second-order valence-electron chi connectivity index (χ2n) is 4.21. The minimum atomic E-state index is -3.59. The van der Waals surface area contributed by atoms with Crippen molar-refractivity contribution < 1.29 is 9.46 Å². The van der Waals surface area contributed by atoms with Gasteiger partial charge < -0.3 is 4.89 Å². The average Bonchev–Trinajstić information content (AvgIpc) is 2.39. The van der Waals surface area contributed by atoms with E-state index < -0.39 is 6.57 Å². The molecule has 0 radical (unpaired) electrons. The van der Waals surface area contributed by atoms with Crippen LogP contribution in [0.25, 0.3) is 11.1 Å². The molecule has 1 atom stereocenters. The maximum absolute atomic E-state index is 11.9. The van der Waals surface area contributed by atoms with Gasteiger partial charge >= 0.3 is 0 Å². The Morgan fingerprint density at radius 3 is 2.32 bits per heavy atom. The third kappa shape index (κ3) is 3.19. The van der Waals surface area contributed by atoms with Gasteiger partial charge in [-0.25, -0.2) is 0 Å². The predicted octanol–water partition coefficient (Wildman–Crippen LogP) is 3.82. The third-order valence-corrected chi connectivity index (χ3v) is 4.55. The van der Waals surface area contributed by atoms with E-state index in [0.717, 1.165) is 16.7 Å². The van der Waals surface area contributed by atoms with Crippen LogP contribution in [-0.4, -0.2) is 4.89 Å². The summed E-state index contributed by atoms with van der Waals surface area (Å²) < 4.78 is 11.9. The lowest BCUT2D eigenvalue weighted by Crippen LogP contribution is -2.05. The topological polar surface area (TPSA) is 37.3 Å². The van der Waals surface area contributed by atoms with Crippen LogP contribution in [0.3, 0.4) is 0 Å².